The van der Waals surface area contributed by atoms with Crippen LogP contribution in [0, 0.1) is 28.1 Å². The maximum absolute atomic E-state index is 8.43. The molecular weight excluding hydrogens is 162 g/mol. The summed E-state index contributed by atoms with van der Waals surface area (Å²) in [6.07, 6.45) is 0.361. The minimum Gasteiger partial charge on any atom is -0.290 e. The molecule has 0 aliphatic heterocycles. The summed E-state index contributed by atoms with van der Waals surface area (Å²) in [5.74, 6) is 0. The zero-order chi connectivity index (χ0) is 9.68. The molecule has 0 saturated heterocycles. The lowest BCUT2D eigenvalue weighted by atomic mass is 10.1. The Morgan fingerprint density at radius 1 is 1.23 bits per heavy atom. The highest BCUT2D eigenvalue weighted by Gasteiger charge is 1.98. The van der Waals surface area contributed by atoms with Gasteiger partial charge in [-0.15, -0.1) is 0 Å². The summed E-state index contributed by atoms with van der Waals surface area (Å²) in [7, 11) is 0. The third kappa shape index (κ3) is 2.15. The molecule has 1 N–H and O–H groups in total. The van der Waals surface area contributed by atoms with E-state index >= 15 is 0 Å². The maximum Gasteiger partial charge on any atom is 0.139 e. The van der Waals surface area contributed by atoms with Crippen LogP contribution in [0.3, 0.4) is 0 Å². The molecule has 0 aliphatic carbocycles. The van der Waals surface area contributed by atoms with Crippen LogP contribution in [0.1, 0.15) is 11.1 Å². The van der Waals surface area contributed by atoms with Crippen molar-refractivity contribution in [2.24, 2.45) is 0 Å². The summed E-state index contributed by atoms with van der Waals surface area (Å²) in [5.41, 5.74) is 1.43. The molecule has 0 atom stereocenters. The van der Waals surface area contributed by atoms with Crippen molar-refractivity contribution in [1.29, 1.82) is 15.9 Å². The minimum absolute atomic E-state index is 0.0523. The van der Waals surface area contributed by atoms with Gasteiger partial charge in [-0.25, -0.2) is 0 Å². The van der Waals surface area contributed by atoms with Crippen LogP contribution in [0.15, 0.2) is 24.3 Å². The predicted octanol–water partition coefficient (Wildman–Crippen LogP) is 1.64. The second kappa shape index (κ2) is 4.04. The van der Waals surface area contributed by atoms with E-state index in [0.717, 1.165) is 5.56 Å². The maximum atomic E-state index is 8.43. The molecule has 0 heterocycles. The Kier molecular flexibility index (Phi) is 2.78. The van der Waals surface area contributed by atoms with E-state index in [2.05, 4.69) is 0 Å². The SMILES string of the molecule is N#CCc1ccc(C(=N)C#N)cc1. The van der Waals surface area contributed by atoms with E-state index in [4.69, 9.17) is 15.9 Å². The molecule has 3 heteroatoms. The molecule has 0 fully saturated rings. The fraction of sp³-hybridized carbons (Fsp3) is 0.100. The van der Waals surface area contributed by atoms with Crippen LogP contribution in [-0.2, 0) is 6.42 Å². The van der Waals surface area contributed by atoms with Crippen LogP contribution in [0.5, 0.6) is 0 Å². The van der Waals surface area contributed by atoms with Gasteiger partial charge in [0.1, 0.15) is 11.8 Å². The van der Waals surface area contributed by atoms with Gasteiger partial charge in [0.15, 0.2) is 0 Å². The van der Waals surface area contributed by atoms with Gasteiger partial charge in [-0.05, 0) is 5.56 Å². The van der Waals surface area contributed by atoms with E-state index in [9.17, 15) is 0 Å². The summed E-state index contributed by atoms with van der Waals surface area (Å²) in [4.78, 5) is 0. The molecule has 1 rings (SSSR count). The smallest absolute Gasteiger partial charge is 0.139 e. The van der Waals surface area contributed by atoms with Gasteiger partial charge >= 0.3 is 0 Å². The van der Waals surface area contributed by atoms with E-state index in [0.29, 0.717) is 12.0 Å². The monoisotopic (exact) mass is 169 g/mol. The van der Waals surface area contributed by atoms with Crippen molar-refractivity contribution in [3.8, 4) is 12.1 Å². The quantitative estimate of drug-likeness (QED) is 0.683. The van der Waals surface area contributed by atoms with Crippen molar-refractivity contribution in [2.75, 3.05) is 0 Å². The number of nitrogens with zero attached hydrogens (tertiary/aromatic N) is 2. The van der Waals surface area contributed by atoms with Crippen molar-refractivity contribution in [3.63, 3.8) is 0 Å². The van der Waals surface area contributed by atoms with Gasteiger partial charge < -0.3 is 0 Å². The molecule has 0 aliphatic rings. The third-order valence-corrected chi connectivity index (χ3v) is 1.64. The molecule has 0 saturated carbocycles. The fourth-order valence-corrected chi connectivity index (χ4v) is 0.945. The topological polar surface area (TPSA) is 71.4 Å². The van der Waals surface area contributed by atoms with Gasteiger partial charge in [0, 0.05) is 5.56 Å². The van der Waals surface area contributed by atoms with E-state index in [1.807, 2.05) is 6.07 Å². The molecular formula is C10H7N3. The highest BCUT2D eigenvalue weighted by atomic mass is 14.4. The number of hydrogen-bond acceptors (Lipinski definition) is 3. The lowest BCUT2D eigenvalue weighted by molar-refractivity contribution is 1.26. The van der Waals surface area contributed by atoms with Crippen LogP contribution in [0.2, 0.25) is 0 Å². The van der Waals surface area contributed by atoms with Crippen molar-refractivity contribution < 1.29 is 0 Å². The van der Waals surface area contributed by atoms with Crippen LogP contribution < -0.4 is 0 Å². The lowest BCUT2D eigenvalue weighted by Crippen LogP contribution is -1.94. The van der Waals surface area contributed by atoms with Gasteiger partial charge in [-0.2, -0.15) is 10.5 Å². The first-order valence-electron chi connectivity index (χ1n) is 3.73. The van der Waals surface area contributed by atoms with Gasteiger partial charge in [0.2, 0.25) is 0 Å². The average molecular weight is 169 g/mol. The Balaban J connectivity index is 2.90. The van der Waals surface area contributed by atoms with Gasteiger partial charge in [-0.3, -0.25) is 5.41 Å². The highest BCUT2D eigenvalue weighted by Crippen LogP contribution is 2.05. The summed E-state index contributed by atoms with van der Waals surface area (Å²) in [6, 6.07) is 10.6. The molecule has 0 unspecified atom stereocenters. The molecule has 0 amide bonds. The van der Waals surface area contributed by atoms with Crippen molar-refractivity contribution in [2.45, 2.75) is 6.42 Å². The van der Waals surface area contributed by atoms with Crippen LogP contribution >= 0.6 is 0 Å². The van der Waals surface area contributed by atoms with E-state index in [-0.39, 0.29) is 5.71 Å². The van der Waals surface area contributed by atoms with E-state index in [1.165, 1.54) is 0 Å². The van der Waals surface area contributed by atoms with Crippen molar-refractivity contribution in [3.05, 3.63) is 35.4 Å². The fourth-order valence-electron chi connectivity index (χ4n) is 0.945. The summed E-state index contributed by atoms with van der Waals surface area (Å²) >= 11 is 0. The van der Waals surface area contributed by atoms with Gasteiger partial charge in [0.05, 0.1) is 12.5 Å². The second-order valence-corrected chi connectivity index (χ2v) is 2.52. The Morgan fingerprint density at radius 3 is 2.31 bits per heavy atom. The van der Waals surface area contributed by atoms with Crippen LogP contribution in [-0.4, -0.2) is 5.71 Å². The molecule has 1 aromatic rings. The number of rotatable bonds is 2. The van der Waals surface area contributed by atoms with E-state index < -0.39 is 0 Å². The molecule has 3 nitrogen and oxygen atoms in total. The standard InChI is InChI=1S/C10H7N3/c11-6-5-8-1-3-9(4-2-8)10(13)7-12/h1-4,13H,5H2. The number of hydrogen-bond donors (Lipinski definition) is 1. The highest BCUT2D eigenvalue weighted by molar-refractivity contribution is 6.09. The van der Waals surface area contributed by atoms with Crippen molar-refractivity contribution in [1.82, 2.24) is 0 Å². The predicted molar refractivity (Wildman–Crippen MR) is 48.2 cm³/mol. The first kappa shape index (κ1) is 8.96. The van der Waals surface area contributed by atoms with Crippen LogP contribution in [0.4, 0.5) is 0 Å². The largest absolute Gasteiger partial charge is 0.290 e. The Bertz CT molecular complexity index is 390. The van der Waals surface area contributed by atoms with Crippen molar-refractivity contribution >= 4 is 5.71 Å². The van der Waals surface area contributed by atoms with Gasteiger partial charge in [-0.1, -0.05) is 24.3 Å². The average Bonchev–Trinajstić information content (AvgIpc) is 2.18. The Labute approximate surface area is 76.4 Å². The first-order chi connectivity index (χ1) is 6.27. The molecule has 1 aromatic carbocycles. The zero-order valence-electron chi connectivity index (χ0n) is 6.91. The zero-order valence-corrected chi connectivity index (χ0v) is 6.91. The number of nitriles is 2. The van der Waals surface area contributed by atoms with E-state index in [1.54, 1.807) is 30.3 Å². The minimum atomic E-state index is -0.0523. The molecule has 13 heavy (non-hydrogen) atoms. The Hall–Kier alpha value is -2.13. The summed E-state index contributed by atoms with van der Waals surface area (Å²) in [5, 5.41) is 24.1. The third-order valence-electron chi connectivity index (χ3n) is 1.64. The molecule has 0 spiro atoms. The first-order valence-corrected chi connectivity index (χ1v) is 3.73. The summed E-state index contributed by atoms with van der Waals surface area (Å²) in [6.45, 7) is 0. The number of nitrogens with one attached hydrogen (secondary N) is 1. The van der Waals surface area contributed by atoms with Gasteiger partial charge in [0.25, 0.3) is 0 Å². The molecule has 0 radical (unpaired) electrons. The normalized spacial score (nSPS) is 8.46. The molecule has 0 aromatic heterocycles. The molecule has 0 bridgehead atoms. The van der Waals surface area contributed by atoms with Crippen LogP contribution in [0.25, 0.3) is 0 Å². The summed E-state index contributed by atoms with van der Waals surface area (Å²) < 4.78 is 0. The second-order valence-electron chi connectivity index (χ2n) is 2.52. The molecule has 62 valence electrons. The number of benzene rings is 1. The lowest BCUT2D eigenvalue weighted by Gasteiger charge is -1.96. The Morgan fingerprint density at radius 2 is 1.85 bits per heavy atom.